The lowest BCUT2D eigenvalue weighted by Crippen LogP contribution is -2.44. The molecule has 2 rings (SSSR count). The van der Waals surface area contributed by atoms with Gasteiger partial charge in [0.2, 0.25) is 0 Å². The van der Waals surface area contributed by atoms with Gasteiger partial charge in [-0.15, -0.1) is 0 Å². The summed E-state index contributed by atoms with van der Waals surface area (Å²) in [5, 5.41) is 2.87. The molecule has 4 atom stereocenters. The molecule has 5 nitrogen and oxygen atoms in total. The van der Waals surface area contributed by atoms with Crippen molar-refractivity contribution in [1.82, 2.24) is 5.32 Å². The average molecular weight is 270 g/mol. The lowest BCUT2D eigenvalue weighted by Gasteiger charge is -2.26. The third-order valence-electron chi connectivity index (χ3n) is 3.82. The summed E-state index contributed by atoms with van der Waals surface area (Å²) in [4.78, 5) is 11.7. The van der Waals surface area contributed by atoms with Gasteiger partial charge in [0.05, 0.1) is 12.2 Å². The van der Waals surface area contributed by atoms with E-state index in [2.05, 4.69) is 5.32 Å². The molecule has 0 saturated carbocycles. The second-order valence-corrected chi connectivity index (χ2v) is 6.68. The minimum Gasteiger partial charge on any atom is -0.444 e. The molecular formula is C14H26N2O3. The summed E-state index contributed by atoms with van der Waals surface area (Å²) in [5.41, 5.74) is 5.28. The number of nitrogens with one attached hydrogen (secondary N) is 1. The molecule has 19 heavy (non-hydrogen) atoms. The van der Waals surface area contributed by atoms with Crippen LogP contribution in [-0.4, -0.2) is 36.5 Å². The lowest BCUT2D eigenvalue weighted by atomic mass is 9.85. The summed E-state index contributed by atoms with van der Waals surface area (Å²) >= 11 is 0. The van der Waals surface area contributed by atoms with Crippen molar-refractivity contribution in [2.45, 2.75) is 70.3 Å². The van der Waals surface area contributed by atoms with E-state index in [4.69, 9.17) is 15.2 Å². The Bertz CT molecular complexity index is 327. The smallest absolute Gasteiger partial charge is 0.407 e. The van der Waals surface area contributed by atoms with E-state index in [-0.39, 0.29) is 12.1 Å². The summed E-state index contributed by atoms with van der Waals surface area (Å²) in [5.74, 6) is 0.530. The van der Waals surface area contributed by atoms with Crippen LogP contribution in [0.2, 0.25) is 0 Å². The second kappa shape index (κ2) is 5.67. The molecule has 2 bridgehead atoms. The van der Waals surface area contributed by atoms with Crippen molar-refractivity contribution in [3.05, 3.63) is 0 Å². The molecule has 0 spiro atoms. The first-order valence-electron chi connectivity index (χ1n) is 7.22. The Labute approximate surface area is 115 Å². The third kappa shape index (κ3) is 4.08. The van der Waals surface area contributed by atoms with E-state index in [1.165, 1.54) is 6.42 Å². The first kappa shape index (κ1) is 14.6. The highest BCUT2D eigenvalue weighted by Crippen LogP contribution is 2.40. The number of alkyl carbamates (subject to hydrolysis) is 1. The molecule has 2 saturated heterocycles. The Morgan fingerprint density at radius 2 is 2.21 bits per heavy atom. The largest absolute Gasteiger partial charge is 0.444 e. The van der Waals surface area contributed by atoms with Crippen LogP contribution in [0, 0.1) is 5.92 Å². The first-order valence-corrected chi connectivity index (χ1v) is 7.22. The van der Waals surface area contributed by atoms with E-state index in [1.54, 1.807) is 0 Å². The fourth-order valence-electron chi connectivity index (χ4n) is 3.04. The molecule has 5 heteroatoms. The van der Waals surface area contributed by atoms with Gasteiger partial charge in [0.15, 0.2) is 0 Å². The number of amides is 1. The number of hydrogen-bond donors (Lipinski definition) is 2. The van der Waals surface area contributed by atoms with Crippen LogP contribution in [0.15, 0.2) is 0 Å². The maximum atomic E-state index is 11.7. The van der Waals surface area contributed by atoms with Crippen molar-refractivity contribution in [3.63, 3.8) is 0 Å². The molecule has 0 aromatic heterocycles. The van der Waals surface area contributed by atoms with Gasteiger partial charge in [-0.1, -0.05) is 0 Å². The van der Waals surface area contributed by atoms with Gasteiger partial charge in [0.1, 0.15) is 5.60 Å². The molecule has 110 valence electrons. The predicted octanol–water partition coefficient (Wildman–Crippen LogP) is 1.80. The Kier molecular flexibility index (Phi) is 4.36. The number of carbonyl (C=O) groups excluding carboxylic acids is 1. The zero-order valence-corrected chi connectivity index (χ0v) is 12.1. The van der Waals surface area contributed by atoms with Crippen LogP contribution in [0.5, 0.6) is 0 Å². The summed E-state index contributed by atoms with van der Waals surface area (Å²) in [6.45, 7) is 6.00. The molecule has 3 N–H and O–H groups in total. The van der Waals surface area contributed by atoms with E-state index in [0.717, 1.165) is 19.3 Å². The number of carbonyl (C=O) groups is 1. The highest BCUT2D eigenvalue weighted by atomic mass is 16.6. The van der Waals surface area contributed by atoms with E-state index in [0.29, 0.717) is 24.7 Å². The molecule has 2 aliphatic rings. The van der Waals surface area contributed by atoms with Crippen LogP contribution >= 0.6 is 0 Å². The quantitative estimate of drug-likeness (QED) is 0.817. The van der Waals surface area contributed by atoms with E-state index >= 15 is 0 Å². The minimum atomic E-state index is -0.473. The average Bonchev–Trinajstić information content (AvgIpc) is 2.87. The molecule has 0 aromatic carbocycles. The molecule has 0 aliphatic carbocycles. The maximum Gasteiger partial charge on any atom is 0.407 e. The Balaban J connectivity index is 1.78. The van der Waals surface area contributed by atoms with Crippen molar-refractivity contribution in [2.24, 2.45) is 11.7 Å². The van der Waals surface area contributed by atoms with Crippen LogP contribution in [0.3, 0.4) is 0 Å². The predicted molar refractivity (Wildman–Crippen MR) is 72.8 cm³/mol. The van der Waals surface area contributed by atoms with E-state index in [9.17, 15) is 4.79 Å². The van der Waals surface area contributed by atoms with Gasteiger partial charge in [-0.25, -0.2) is 4.79 Å². The Morgan fingerprint density at radius 1 is 1.47 bits per heavy atom. The van der Waals surface area contributed by atoms with Gasteiger partial charge >= 0.3 is 6.09 Å². The molecule has 2 fully saturated rings. The number of nitrogens with two attached hydrogens (primary N) is 1. The third-order valence-corrected chi connectivity index (χ3v) is 3.82. The van der Waals surface area contributed by atoms with Crippen molar-refractivity contribution in [1.29, 1.82) is 0 Å². The van der Waals surface area contributed by atoms with Gasteiger partial charge in [0, 0.05) is 12.6 Å². The summed E-state index contributed by atoms with van der Waals surface area (Å²) in [6.07, 6.45) is 4.77. The number of fused-ring (bicyclic) bond motifs is 2. The van der Waals surface area contributed by atoms with Gasteiger partial charge in [0.25, 0.3) is 0 Å². The molecule has 0 radical (unpaired) electrons. The lowest BCUT2D eigenvalue weighted by molar-refractivity contribution is 0.0489. The Hall–Kier alpha value is -0.810. The number of ether oxygens (including phenoxy) is 2. The number of rotatable bonds is 4. The summed E-state index contributed by atoms with van der Waals surface area (Å²) < 4.78 is 11.1. The van der Waals surface area contributed by atoms with Crippen LogP contribution in [-0.2, 0) is 9.47 Å². The van der Waals surface area contributed by atoms with Gasteiger partial charge in [-0.05, 0) is 52.4 Å². The molecule has 1 amide bonds. The minimum absolute atomic E-state index is 0.0252. The van der Waals surface area contributed by atoms with Crippen LogP contribution in [0.25, 0.3) is 0 Å². The van der Waals surface area contributed by atoms with Crippen molar-refractivity contribution >= 4 is 6.09 Å². The zero-order chi connectivity index (χ0) is 14.0. The highest BCUT2D eigenvalue weighted by Gasteiger charge is 2.41. The van der Waals surface area contributed by atoms with E-state index in [1.807, 2.05) is 20.8 Å². The molecular weight excluding hydrogens is 244 g/mol. The summed E-state index contributed by atoms with van der Waals surface area (Å²) in [7, 11) is 0. The van der Waals surface area contributed by atoms with Crippen LogP contribution < -0.4 is 11.1 Å². The standard InChI is InChI=1S/C14H26N2O3/c1-14(2,3)19-13(17)16-10(8-15)6-9-7-11-4-5-12(9)18-11/h9-12H,4-8,15H2,1-3H3,(H,16,17). The maximum absolute atomic E-state index is 11.7. The molecule has 0 aromatic rings. The molecule has 2 heterocycles. The van der Waals surface area contributed by atoms with Gasteiger partial charge < -0.3 is 20.5 Å². The normalized spacial score (nSPS) is 31.3. The van der Waals surface area contributed by atoms with E-state index < -0.39 is 5.60 Å². The SMILES string of the molecule is CC(C)(C)OC(=O)NC(CN)CC1CC2CCC1O2. The summed E-state index contributed by atoms with van der Waals surface area (Å²) in [6, 6.07) is -0.0252. The van der Waals surface area contributed by atoms with Crippen LogP contribution in [0.4, 0.5) is 4.79 Å². The number of hydrogen-bond acceptors (Lipinski definition) is 4. The molecule has 4 unspecified atom stereocenters. The highest BCUT2D eigenvalue weighted by molar-refractivity contribution is 5.68. The second-order valence-electron chi connectivity index (χ2n) is 6.68. The first-order chi connectivity index (χ1) is 8.87. The Morgan fingerprint density at radius 3 is 2.68 bits per heavy atom. The monoisotopic (exact) mass is 270 g/mol. The van der Waals surface area contributed by atoms with Gasteiger partial charge in [-0.2, -0.15) is 0 Å². The van der Waals surface area contributed by atoms with Crippen molar-refractivity contribution in [2.75, 3.05) is 6.54 Å². The topological polar surface area (TPSA) is 73.6 Å². The fraction of sp³-hybridized carbons (Fsp3) is 0.929. The van der Waals surface area contributed by atoms with Crippen LogP contribution in [0.1, 0.15) is 46.5 Å². The van der Waals surface area contributed by atoms with Crippen molar-refractivity contribution < 1.29 is 14.3 Å². The molecule has 2 aliphatic heterocycles. The fourth-order valence-corrected chi connectivity index (χ4v) is 3.04. The van der Waals surface area contributed by atoms with Gasteiger partial charge in [-0.3, -0.25) is 0 Å². The zero-order valence-electron chi connectivity index (χ0n) is 12.1. The van der Waals surface area contributed by atoms with Crippen molar-refractivity contribution in [3.8, 4) is 0 Å².